The average molecular weight is 353 g/mol. The Morgan fingerprint density at radius 3 is 2.75 bits per heavy atom. The van der Waals surface area contributed by atoms with Crippen LogP contribution in [0, 0.1) is 0 Å². The molecular formula is C14H17BrN4S. The topological polar surface area (TPSA) is 45.4 Å². The van der Waals surface area contributed by atoms with Crippen LogP contribution in [0.25, 0.3) is 0 Å². The van der Waals surface area contributed by atoms with Crippen molar-refractivity contribution in [3.05, 3.63) is 39.8 Å². The zero-order valence-electron chi connectivity index (χ0n) is 11.1. The summed E-state index contributed by atoms with van der Waals surface area (Å²) in [6.45, 7) is 5.12. The molecule has 1 aromatic heterocycles. The van der Waals surface area contributed by atoms with Crippen LogP contribution in [0.5, 0.6) is 0 Å². The molecule has 0 radical (unpaired) electrons. The van der Waals surface area contributed by atoms with Crippen LogP contribution in [0.4, 0.5) is 10.8 Å². The second-order valence-corrected chi connectivity index (χ2v) is 6.66. The Hall–Kier alpha value is -1.11. The van der Waals surface area contributed by atoms with Gasteiger partial charge < -0.3 is 10.6 Å². The summed E-state index contributed by atoms with van der Waals surface area (Å²) in [6.07, 6.45) is 1.87. The van der Waals surface area contributed by atoms with Crippen molar-refractivity contribution < 1.29 is 0 Å². The summed E-state index contributed by atoms with van der Waals surface area (Å²) in [5.74, 6) is 0. The molecule has 6 heteroatoms. The highest BCUT2D eigenvalue weighted by atomic mass is 79.9. The van der Waals surface area contributed by atoms with Crippen LogP contribution in [0.3, 0.4) is 0 Å². The highest BCUT2D eigenvalue weighted by Gasteiger charge is 2.19. The van der Waals surface area contributed by atoms with Crippen molar-refractivity contribution in [3.8, 4) is 0 Å². The largest absolute Gasteiger partial charge is 0.399 e. The highest BCUT2D eigenvalue weighted by molar-refractivity contribution is 9.10. The van der Waals surface area contributed by atoms with Gasteiger partial charge in [-0.05, 0) is 23.8 Å². The normalized spacial score (nSPS) is 16.6. The summed E-state index contributed by atoms with van der Waals surface area (Å²) in [7, 11) is 0. The average Bonchev–Trinajstić information content (AvgIpc) is 2.98. The molecule has 0 bridgehead atoms. The first-order valence-electron chi connectivity index (χ1n) is 6.63. The van der Waals surface area contributed by atoms with Crippen LogP contribution in [0.2, 0.25) is 0 Å². The SMILES string of the molecule is Nc1ccc(Br)c(CN2CCN(c3nccs3)CC2)c1. The number of nitrogens with zero attached hydrogens (tertiary/aromatic N) is 3. The highest BCUT2D eigenvalue weighted by Crippen LogP contribution is 2.23. The molecule has 1 aliphatic rings. The Labute approximate surface area is 131 Å². The van der Waals surface area contributed by atoms with Gasteiger partial charge in [-0.1, -0.05) is 15.9 Å². The van der Waals surface area contributed by atoms with Crippen LogP contribution in [0.15, 0.2) is 34.2 Å². The third-order valence-corrected chi connectivity index (χ3v) is 5.13. The minimum Gasteiger partial charge on any atom is -0.399 e. The fraction of sp³-hybridized carbons (Fsp3) is 0.357. The summed E-state index contributed by atoms with van der Waals surface area (Å²) in [5.41, 5.74) is 7.95. The Balaban J connectivity index is 1.60. The van der Waals surface area contributed by atoms with Gasteiger partial charge in [0.25, 0.3) is 0 Å². The first kappa shape index (κ1) is 13.9. The van der Waals surface area contributed by atoms with E-state index in [9.17, 15) is 0 Å². The number of nitrogen functional groups attached to an aromatic ring is 1. The van der Waals surface area contributed by atoms with Crippen LogP contribution >= 0.6 is 27.3 Å². The first-order chi connectivity index (χ1) is 9.72. The molecule has 2 aromatic rings. The molecule has 4 nitrogen and oxygen atoms in total. The summed E-state index contributed by atoms with van der Waals surface area (Å²) in [6, 6.07) is 6.00. The summed E-state index contributed by atoms with van der Waals surface area (Å²) in [4.78, 5) is 9.20. The molecule has 0 saturated carbocycles. The molecule has 3 rings (SSSR count). The maximum Gasteiger partial charge on any atom is 0.185 e. The number of halogens is 1. The van der Waals surface area contributed by atoms with Gasteiger partial charge in [-0.25, -0.2) is 4.98 Å². The Morgan fingerprint density at radius 1 is 1.25 bits per heavy atom. The molecule has 0 unspecified atom stereocenters. The number of piperazine rings is 1. The molecule has 1 saturated heterocycles. The Bertz CT molecular complexity index is 565. The van der Waals surface area contributed by atoms with Gasteiger partial charge in [0.1, 0.15) is 0 Å². The number of hydrogen-bond acceptors (Lipinski definition) is 5. The van der Waals surface area contributed by atoms with Crippen LogP contribution in [0.1, 0.15) is 5.56 Å². The second-order valence-electron chi connectivity index (χ2n) is 4.93. The lowest BCUT2D eigenvalue weighted by Gasteiger charge is -2.34. The minimum absolute atomic E-state index is 0.824. The van der Waals surface area contributed by atoms with Crippen molar-refractivity contribution in [2.75, 3.05) is 36.8 Å². The van der Waals surface area contributed by atoms with E-state index in [0.29, 0.717) is 0 Å². The monoisotopic (exact) mass is 352 g/mol. The molecular weight excluding hydrogens is 336 g/mol. The number of anilines is 2. The van der Waals surface area contributed by atoms with Gasteiger partial charge in [-0.3, -0.25) is 4.90 Å². The standard InChI is InChI=1S/C14H17BrN4S/c15-13-2-1-12(16)9-11(13)10-18-4-6-19(7-5-18)14-17-3-8-20-14/h1-3,8-9H,4-7,10,16H2. The molecule has 0 spiro atoms. The summed E-state index contributed by atoms with van der Waals surface area (Å²) < 4.78 is 1.13. The third kappa shape index (κ3) is 3.13. The fourth-order valence-electron chi connectivity index (χ4n) is 2.43. The van der Waals surface area contributed by atoms with Crippen LogP contribution in [-0.2, 0) is 6.54 Å². The molecule has 0 atom stereocenters. The maximum atomic E-state index is 5.86. The van der Waals surface area contributed by atoms with Crippen molar-refractivity contribution in [1.29, 1.82) is 0 Å². The van der Waals surface area contributed by atoms with E-state index in [-0.39, 0.29) is 0 Å². The molecule has 1 aromatic carbocycles. The van der Waals surface area contributed by atoms with E-state index in [4.69, 9.17) is 5.73 Å². The number of benzene rings is 1. The zero-order chi connectivity index (χ0) is 13.9. The van der Waals surface area contributed by atoms with E-state index in [2.05, 4.69) is 36.8 Å². The maximum absolute atomic E-state index is 5.86. The van der Waals surface area contributed by atoms with Crippen molar-refractivity contribution >= 4 is 38.1 Å². The van der Waals surface area contributed by atoms with Gasteiger partial charge in [0.2, 0.25) is 0 Å². The molecule has 2 N–H and O–H groups in total. The van der Waals surface area contributed by atoms with E-state index in [1.165, 1.54) is 5.56 Å². The molecule has 0 amide bonds. The lowest BCUT2D eigenvalue weighted by molar-refractivity contribution is 0.249. The lowest BCUT2D eigenvalue weighted by atomic mass is 10.2. The zero-order valence-corrected chi connectivity index (χ0v) is 13.5. The van der Waals surface area contributed by atoms with Gasteiger partial charge in [-0.2, -0.15) is 0 Å². The number of rotatable bonds is 3. The van der Waals surface area contributed by atoms with Crippen molar-refractivity contribution in [3.63, 3.8) is 0 Å². The van der Waals surface area contributed by atoms with E-state index < -0.39 is 0 Å². The van der Waals surface area contributed by atoms with Gasteiger partial charge in [0.15, 0.2) is 5.13 Å². The molecule has 2 heterocycles. The first-order valence-corrected chi connectivity index (χ1v) is 8.30. The van der Waals surface area contributed by atoms with E-state index in [1.54, 1.807) is 11.3 Å². The number of nitrogens with two attached hydrogens (primary N) is 1. The number of aromatic nitrogens is 1. The molecule has 106 valence electrons. The van der Waals surface area contributed by atoms with Crippen LogP contribution in [-0.4, -0.2) is 36.1 Å². The van der Waals surface area contributed by atoms with Crippen molar-refractivity contribution in [1.82, 2.24) is 9.88 Å². The summed E-state index contributed by atoms with van der Waals surface area (Å²) >= 11 is 5.31. The molecule has 1 fully saturated rings. The Morgan fingerprint density at radius 2 is 2.05 bits per heavy atom. The van der Waals surface area contributed by atoms with E-state index >= 15 is 0 Å². The fourth-order valence-corrected chi connectivity index (χ4v) is 3.49. The summed E-state index contributed by atoms with van der Waals surface area (Å²) in [5, 5.41) is 3.17. The van der Waals surface area contributed by atoms with Gasteiger partial charge >= 0.3 is 0 Å². The molecule has 0 aliphatic carbocycles. The van der Waals surface area contributed by atoms with Crippen molar-refractivity contribution in [2.45, 2.75) is 6.54 Å². The van der Waals surface area contributed by atoms with Crippen LogP contribution < -0.4 is 10.6 Å². The quantitative estimate of drug-likeness (QED) is 0.862. The van der Waals surface area contributed by atoms with E-state index in [0.717, 1.165) is 48.0 Å². The van der Waals surface area contributed by atoms with Gasteiger partial charge in [0.05, 0.1) is 0 Å². The minimum atomic E-state index is 0.824. The van der Waals surface area contributed by atoms with E-state index in [1.807, 2.05) is 23.7 Å². The van der Waals surface area contributed by atoms with Gasteiger partial charge in [0, 0.05) is 54.5 Å². The second kappa shape index (κ2) is 6.11. The molecule has 20 heavy (non-hydrogen) atoms. The van der Waals surface area contributed by atoms with Gasteiger partial charge in [-0.15, -0.1) is 11.3 Å². The van der Waals surface area contributed by atoms with Crippen molar-refractivity contribution in [2.24, 2.45) is 0 Å². The molecule has 1 aliphatic heterocycles. The number of hydrogen-bond donors (Lipinski definition) is 1. The smallest absolute Gasteiger partial charge is 0.185 e. The predicted molar refractivity (Wildman–Crippen MR) is 88.2 cm³/mol. The predicted octanol–water partition coefficient (Wildman–Crippen LogP) is 2.81. The Kier molecular flexibility index (Phi) is 4.24. The lowest BCUT2D eigenvalue weighted by Crippen LogP contribution is -2.45. The third-order valence-electron chi connectivity index (χ3n) is 3.53. The number of thiazole rings is 1.